The minimum absolute atomic E-state index is 0.251. The van der Waals surface area contributed by atoms with Gasteiger partial charge in [-0.05, 0) is 29.8 Å². The smallest absolute Gasteiger partial charge is 0.323 e. The molecule has 0 radical (unpaired) electrons. The molecule has 0 fully saturated rings. The van der Waals surface area contributed by atoms with Gasteiger partial charge in [0.05, 0.1) is 6.61 Å². The normalized spacial score (nSPS) is 10.3. The molecule has 0 atom stereocenters. The first kappa shape index (κ1) is 19.5. The molecule has 0 aliphatic rings. The molecule has 144 valence electrons. The fourth-order valence-corrected chi connectivity index (χ4v) is 3.20. The number of anilines is 2. The van der Waals surface area contributed by atoms with Gasteiger partial charge in [-0.25, -0.2) is 9.78 Å². The topological polar surface area (TPSA) is 92.3 Å². The molecule has 3 aromatic rings. The second-order valence-electron chi connectivity index (χ2n) is 5.89. The first-order chi connectivity index (χ1) is 13.6. The summed E-state index contributed by atoms with van der Waals surface area (Å²) in [7, 11) is 1.59. The molecule has 0 saturated carbocycles. The summed E-state index contributed by atoms with van der Waals surface area (Å²) in [5.74, 6) is -0.251. The van der Waals surface area contributed by atoms with Crippen LogP contribution in [0.4, 0.5) is 16.2 Å². The number of nitrogens with one attached hydrogen (secondary N) is 3. The predicted octanol–water partition coefficient (Wildman–Crippen LogP) is 3.86. The van der Waals surface area contributed by atoms with E-state index in [0.717, 1.165) is 10.6 Å². The number of para-hydroxylation sites is 1. The molecule has 2 aromatic carbocycles. The van der Waals surface area contributed by atoms with Crippen LogP contribution in [0.25, 0.3) is 0 Å². The Labute approximate surface area is 166 Å². The Bertz CT molecular complexity index is 943. The van der Waals surface area contributed by atoms with Gasteiger partial charge in [0.1, 0.15) is 10.7 Å². The van der Waals surface area contributed by atoms with Crippen LogP contribution in [0.15, 0.2) is 60.0 Å². The van der Waals surface area contributed by atoms with Gasteiger partial charge in [0, 0.05) is 30.4 Å². The summed E-state index contributed by atoms with van der Waals surface area (Å²) in [6.07, 6.45) is 0. The van der Waals surface area contributed by atoms with Crippen LogP contribution >= 0.6 is 11.3 Å². The van der Waals surface area contributed by atoms with Crippen LogP contribution in [0, 0.1) is 0 Å². The molecular weight excluding hydrogens is 376 g/mol. The molecule has 0 unspecified atom stereocenters. The number of nitrogens with zero attached hydrogens (tertiary/aromatic N) is 1. The van der Waals surface area contributed by atoms with Crippen molar-refractivity contribution in [3.05, 3.63) is 76.2 Å². The number of hydrogen-bond acceptors (Lipinski definition) is 5. The van der Waals surface area contributed by atoms with Gasteiger partial charge < -0.3 is 20.7 Å². The van der Waals surface area contributed by atoms with Crippen molar-refractivity contribution in [3.63, 3.8) is 0 Å². The first-order valence-electron chi connectivity index (χ1n) is 8.57. The van der Waals surface area contributed by atoms with Crippen molar-refractivity contribution in [1.82, 2.24) is 10.3 Å². The molecule has 1 heterocycles. The number of amides is 3. The molecule has 3 rings (SSSR count). The summed E-state index contributed by atoms with van der Waals surface area (Å²) < 4.78 is 5.01. The van der Waals surface area contributed by atoms with E-state index in [-0.39, 0.29) is 11.9 Å². The summed E-state index contributed by atoms with van der Waals surface area (Å²) in [6, 6.07) is 16.1. The fourth-order valence-electron chi connectivity index (χ4n) is 2.45. The second-order valence-corrected chi connectivity index (χ2v) is 6.83. The van der Waals surface area contributed by atoms with Gasteiger partial charge in [-0.2, -0.15) is 0 Å². The highest BCUT2D eigenvalue weighted by Gasteiger charge is 2.10. The van der Waals surface area contributed by atoms with Crippen LogP contribution in [0.2, 0.25) is 0 Å². The highest BCUT2D eigenvalue weighted by molar-refractivity contribution is 7.09. The third kappa shape index (κ3) is 5.63. The molecule has 3 N–H and O–H groups in total. The standard InChI is InChI=1S/C20H20N4O3S/c1-27-12-18-24-17(13-28-18)19(25)21-11-14-6-5-9-16(10-14)23-20(26)22-15-7-3-2-4-8-15/h2-10,13H,11-12H2,1H3,(H,21,25)(H2,22,23,26). The highest BCUT2D eigenvalue weighted by atomic mass is 32.1. The SMILES string of the molecule is COCc1nc(C(=O)NCc2cccc(NC(=O)Nc3ccccc3)c2)cs1. The quantitative estimate of drug-likeness (QED) is 0.565. The average molecular weight is 396 g/mol. The summed E-state index contributed by atoms with van der Waals surface area (Å²) in [5, 5.41) is 10.8. The van der Waals surface area contributed by atoms with Crippen molar-refractivity contribution >= 4 is 34.6 Å². The summed E-state index contributed by atoms with van der Waals surface area (Å²) in [5.41, 5.74) is 2.57. The van der Waals surface area contributed by atoms with E-state index in [1.54, 1.807) is 18.6 Å². The highest BCUT2D eigenvalue weighted by Crippen LogP contribution is 2.13. The lowest BCUT2D eigenvalue weighted by molar-refractivity contribution is 0.0946. The van der Waals surface area contributed by atoms with Gasteiger partial charge >= 0.3 is 6.03 Å². The number of carbonyl (C=O) groups excluding carboxylic acids is 2. The molecule has 8 heteroatoms. The number of rotatable bonds is 7. The number of ether oxygens (including phenoxy) is 1. The van der Waals surface area contributed by atoms with E-state index >= 15 is 0 Å². The Hall–Kier alpha value is -3.23. The largest absolute Gasteiger partial charge is 0.378 e. The molecule has 7 nitrogen and oxygen atoms in total. The Morgan fingerprint density at radius 2 is 1.79 bits per heavy atom. The number of hydrogen-bond donors (Lipinski definition) is 3. The van der Waals surface area contributed by atoms with E-state index in [0.29, 0.717) is 30.2 Å². The van der Waals surface area contributed by atoms with Crippen molar-refractivity contribution in [2.24, 2.45) is 0 Å². The monoisotopic (exact) mass is 396 g/mol. The molecular formula is C20H20N4O3S. The molecule has 0 aliphatic heterocycles. The Kier molecular flexibility index (Phi) is 6.72. The number of benzene rings is 2. The maximum absolute atomic E-state index is 12.2. The maximum Gasteiger partial charge on any atom is 0.323 e. The molecule has 1 aromatic heterocycles. The fraction of sp³-hybridized carbons (Fsp3) is 0.150. The van der Waals surface area contributed by atoms with E-state index in [9.17, 15) is 9.59 Å². The maximum atomic E-state index is 12.2. The number of methoxy groups -OCH3 is 1. The molecule has 0 spiro atoms. The van der Waals surface area contributed by atoms with Gasteiger partial charge in [0.25, 0.3) is 5.91 Å². The van der Waals surface area contributed by atoms with Crippen LogP contribution in [-0.2, 0) is 17.9 Å². The van der Waals surface area contributed by atoms with Crippen molar-refractivity contribution in [1.29, 1.82) is 0 Å². The third-order valence-corrected chi connectivity index (χ3v) is 4.54. The minimum Gasteiger partial charge on any atom is -0.378 e. The minimum atomic E-state index is -0.333. The number of thiazole rings is 1. The zero-order valence-corrected chi connectivity index (χ0v) is 16.1. The van der Waals surface area contributed by atoms with Gasteiger partial charge in [-0.15, -0.1) is 11.3 Å². The number of urea groups is 1. The molecule has 3 amide bonds. The zero-order valence-electron chi connectivity index (χ0n) is 15.3. The number of carbonyl (C=O) groups is 2. The van der Waals surface area contributed by atoms with Crippen LogP contribution in [0.3, 0.4) is 0 Å². The summed E-state index contributed by atoms with van der Waals surface area (Å²) in [6.45, 7) is 0.711. The van der Waals surface area contributed by atoms with E-state index < -0.39 is 0 Å². The lowest BCUT2D eigenvalue weighted by Crippen LogP contribution is -2.23. The first-order valence-corrected chi connectivity index (χ1v) is 9.45. The van der Waals surface area contributed by atoms with Crippen molar-refractivity contribution < 1.29 is 14.3 Å². The second kappa shape index (κ2) is 9.63. The van der Waals surface area contributed by atoms with Crippen molar-refractivity contribution in [3.8, 4) is 0 Å². The molecule has 0 bridgehead atoms. The van der Waals surface area contributed by atoms with Crippen LogP contribution in [0.5, 0.6) is 0 Å². The van der Waals surface area contributed by atoms with Crippen molar-refractivity contribution in [2.75, 3.05) is 17.7 Å². The van der Waals surface area contributed by atoms with E-state index in [2.05, 4.69) is 20.9 Å². The van der Waals surface area contributed by atoms with Gasteiger partial charge in [0.15, 0.2) is 0 Å². The van der Waals surface area contributed by atoms with E-state index in [1.165, 1.54) is 11.3 Å². The molecule has 0 aliphatic carbocycles. The molecule has 0 saturated heterocycles. The lowest BCUT2D eigenvalue weighted by Gasteiger charge is -2.09. The van der Waals surface area contributed by atoms with E-state index in [4.69, 9.17) is 4.74 Å². The van der Waals surface area contributed by atoms with Gasteiger partial charge in [-0.3, -0.25) is 4.79 Å². The Morgan fingerprint density at radius 3 is 2.57 bits per heavy atom. The Morgan fingerprint density at radius 1 is 1.04 bits per heavy atom. The lowest BCUT2D eigenvalue weighted by atomic mass is 10.2. The number of aromatic nitrogens is 1. The van der Waals surface area contributed by atoms with Crippen LogP contribution < -0.4 is 16.0 Å². The Balaban J connectivity index is 1.54. The van der Waals surface area contributed by atoms with Crippen LogP contribution in [0.1, 0.15) is 21.1 Å². The van der Waals surface area contributed by atoms with Gasteiger partial charge in [-0.1, -0.05) is 30.3 Å². The third-order valence-electron chi connectivity index (χ3n) is 3.72. The molecule has 28 heavy (non-hydrogen) atoms. The summed E-state index contributed by atoms with van der Waals surface area (Å²) >= 11 is 1.38. The predicted molar refractivity (Wildman–Crippen MR) is 110 cm³/mol. The van der Waals surface area contributed by atoms with E-state index in [1.807, 2.05) is 48.5 Å². The average Bonchev–Trinajstić information content (AvgIpc) is 3.16. The van der Waals surface area contributed by atoms with Gasteiger partial charge in [0.2, 0.25) is 0 Å². The zero-order chi connectivity index (χ0) is 19.8. The summed E-state index contributed by atoms with van der Waals surface area (Å²) in [4.78, 5) is 28.5. The van der Waals surface area contributed by atoms with Crippen molar-refractivity contribution in [2.45, 2.75) is 13.2 Å². The van der Waals surface area contributed by atoms with Crippen LogP contribution in [-0.4, -0.2) is 24.0 Å².